The summed E-state index contributed by atoms with van der Waals surface area (Å²) in [7, 11) is 0. The first-order chi connectivity index (χ1) is 10.7. The van der Waals surface area contributed by atoms with Gasteiger partial charge in [0.15, 0.2) is 0 Å². The Labute approximate surface area is 132 Å². The number of nitrogens with two attached hydrogens (primary N) is 1. The molecule has 1 fully saturated rings. The second-order valence-corrected chi connectivity index (χ2v) is 5.95. The molecule has 1 aliphatic rings. The first kappa shape index (κ1) is 16.8. The van der Waals surface area contributed by atoms with Crippen LogP contribution in [0.4, 0.5) is 4.79 Å². The van der Waals surface area contributed by atoms with Crippen molar-refractivity contribution in [1.82, 2.24) is 4.90 Å². The van der Waals surface area contributed by atoms with E-state index in [4.69, 9.17) is 15.6 Å². The lowest BCUT2D eigenvalue weighted by molar-refractivity contribution is 0.106. The SMILES string of the molecule is N[C@H](CCCOCc1ccccc1)C1CCN(C(=O)O)CC1. The Bertz CT molecular complexity index is 444. The molecule has 1 heterocycles. The summed E-state index contributed by atoms with van der Waals surface area (Å²) in [4.78, 5) is 12.3. The van der Waals surface area contributed by atoms with Gasteiger partial charge in [-0.25, -0.2) is 4.79 Å². The number of amides is 1. The summed E-state index contributed by atoms with van der Waals surface area (Å²) in [5.41, 5.74) is 7.43. The maximum Gasteiger partial charge on any atom is 0.407 e. The van der Waals surface area contributed by atoms with Gasteiger partial charge in [0, 0.05) is 25.7 Å². The summed E-state index contributed by atoms with van der Waals surface area (Å²) in [5.74, 6) is 0.435. The molecule has 5 nitrogen and oxygen atoms in total. The van der Waals surface area contributed by atoms with Crippen LogP contribution in [0, 0.1) is 5.92 Å². The van der Waals surface area contributed by atoms with E-state index < -0.39 is 6.09 Å². The zero-order valence-corrected chi connectivity index (χ0v) is 13.0. The van der Waals surface area contributed by atoms with Crippen LogP contribution in [-0.2, 0) is 11.3 Å². The smallest absolute Gasteiger partial charge is 0.407 e. The second kappa shape index (κ2) is 8.76. The minimum Gasteiger partial charge on any atom is -0.465 e. The van der Waals surface area contributed by atoms with Crippen molar-refractivity contribution in [1.29, 1.82) is 0 Å². The number of benzene rings is 1. The molecule has 3 N–H and O–H groups in total. The number of rotatable bonds is 7. The summed E-state index contributed by atoms with van der Waals surface area (Å²) in [6, 6.07) is 10.3. The summed E-state index contributed by atoms with van der Waals surface area (Å²) >= 11 is 0. The number of ether oxygens (including phenoxy) is 1. The van der Waals surface area contributed by atoms with Crippen molar-refractivity contribution in [2.45, 2.75) is 38.3 Å². The van der Waals surface area contributed by atoms with E-state index in [2.05, 4.69) is 12.1 Å². The average Bonchev–Trinajstić information content (AvgIpc) is 2.55. The Morgan fingerprint density at radius 2 is 2.00 bits per heavy atom. The maximum atomic E-state index is 10.9. The predicted molar refractivity (Wildman–Crippen MR) is 85.6 cm³/mol. The van der Waals surface area contributed by atoms with Gasteiger partial charge in [-0.2, -0.15) is 0 Å². The van der Waals surface area contributed by atoms with Crippen LogP contribution in [0.5, 0.6) is 0 Å². The topological polar surface area (TPSA) is 75.8 Å². The maximum absolute atomic E-state index is 10.9. The number of likely N-dealkylation sites (tertiary alicyclic amines) is 1. The molecule has 1 amide bonds. The van der Waals surface area contributed by atoms with Crippen LogP contribution in [0.3, 0.4) is 0 Å². The Morgan fingerprint density at radius 3 is 2.64 bits per heavy atom. The Balaban J connectivity index is 1.56. The summed E-state index contributed by atoms with van der Waals surface area (Å²) in [5, 5.41) is 8.94. The molecule has 0 spiro atoms. The number of hydrogen-bond acceptors (Lipinski definition) is 3. The van der Waals surface area contributed by atoms with Crippen molar-refractivity contribution in [2.24, 2.45) is 11.7 Å². The highest BCUT2D eigenvalue weighted by atomic mass is 16.5. The van der Waals surface area contributed by atoms with Gasteiger partial charge in [-0.05, 0) is 37.2 Å². The number of carbonyl (C=O) groups is 1. The van der Waals surface area contributed by atoms with Gasteiger partial charge in [0.05, 0.1) is 6.61 Å². The fraction of sp³-hybridized carbons (Fsp3) is 0.588. The molecular weight excluding hydrogens is 280 g/mol. The number of piperidine rings is 1. The lowest BCUT2D eigenvalue weighted by Crippen LogP contribution is -2.43. The molecule has 0 saturated carbocycles. The molecule has 0 unspecified atom stereocenters. The van der Waals surface area contributed by atoms with Gasteiger partial charge >= 0.3 is 6.09 Å². The van der Waals surface area contributed by atoms with Gasteiger partial charge < -0.3 is 20.5 Å². The molecule has 2 rings (SSSR count). The van der Waals surface area contributed by atoms with Crippen LogP contribution in [0.2, 0.25) is 0 Å². The van der Waals surface area contributed by atoms with E-state index in [9.17, 15) is 4.79 Å². The van der Waals surface area contributed by atoms with Crippen LogP contribution in [0.15, 0.2) is 30.3 Å². The van der Waals surface area contributed by atoms with E-state index in [0.29, 0.717) is 25.6 Å². The molecule has 122 valence electrons. The van der Waals surface area contributed by atoms with Crippen molar-refractivity contribution in [3.63, 3.8) is 0 Å². The fourth-order valence-electron chi connectivity index (χ4n) is 2.94. The molecule has 0 aliphatic carbocycles. The van der Waals surface area contributed by atoms with Crippen LogP contribution in [-0.4, -0.2) is 41.8 Å². The van der Waals surface area contributed by atoms with Crippen molar-refractivity contribution >= 4 is 6.09 Å². The molecule has 0 bridgehead atoms. The normalized spacial score (nSPS) is 17.4. The average molecular weight is 306 g/mol. The fourth-order valence-corrected chi connectivity index (χ4v) is 2.94. The minimum absolute atomic E-state index is 0.149. The van der Waals surface area contributed by atoms with Crippen LogP contribution in [0.1, 0.15) is 31.2 Å². The zero-order chi connectivity index (χ0) is 15.8. The second-order valence-electron chi connectivity index (χ2n) is 5.95. The summed E-state index contributed by atoms with van der Waals surface area (Å²) < 4.78 is 5.66. The van der Waals surface area contributed by atoms with E-state index >= 15 is 0 Å². The van der Waals surface area contributed by atoms with E-state index in [1.807, 2.05) is 18.2 Å². The van der Waals surface area contributed by atoms with Gasteiger partial charge in [0.1, 0.15) is 0 Å². The Kier molecular flexibility index (Phi) is 6.68. The molecule has 1 saturated heterocycles. The molecule has 1 atom stereocenters. The van der Waals surface area contributed by atoms with Crippen LogP contribution in [0.25, 0.3) is 0 Å². The highest BCUT2D eigenvalue weighted by molar-refractivity contribution is 5.64. The van der Waals surface area contributed by atoms with Crippen molar-refractivity contribution in [3.8, 4) is 0 Å². The highest BCUT2D eigenvalue weighted by Crippen LogP contribution is 2.22. The monoisotopic (exact) mass is 306 g/mol. The van der Waals surface area contributed by atoms with E-state index in [1.165, 1.54) is 10.5 Å². The third kappa shape index (κ3) is 5.31. The van der Waals surface area contributed by atoms with Crippen LogP contribution >= 0.6 is 0 Å². The largest absolute Gasteiger partial charge is 0.465 e. The number of hydrogen-bond donors (Lipinski definition) is 2. The number of nitrogens with zero attached hydrogens (tertiary/aromatic N) is 1. The van der Waals surface area contributed by atoms with E-state index in [0.717, 1.165) is 32.3 Å². The van der Waals surface area contributed by atoms with Gasteiger partial charge in [-0.1, -0.05) is 30.3 Å². The molecule has 22 heavy (non-hydrogen) atoms. The third-order valence-corrected chi connectivity index (χ3v) is 4.35. The van der Waals surface area contributed by atoms with Gasteiger partial charge in [-0.15, -0.1) is 0 Å². The Hall–Kier alpha value is -1.59. The third-order valence-electron chi connectivity index (χ3n) is 4.35. The lowest BCUT2D eigenvalue weighted by atomic mass is 9.88. The van der Waals surface area contributed by atoms with Crippen molar-refractivity contribution in [2.75, 3.05) is 19.7 Å². The molecular formula is C17H26N2O3. The van der Waals surface area contributed by atoms with Crippen molar-refractivity contribution in [3.05, 3.63) is 35.9 Å². The molecule has 1 aromatic rings. The quantitative estimate of drug-likeness (QED) is 0.759. The predicted octanol–water partition coefficient (Wildman–Crippen LogP) is 2.70. The van der Waals surface area contributed by atoms with Gasteiger partial charge in [0.25, 0.3) is 0 Å². The molecule has 5 heteroatoms. The van der Waals surface area contributed by atoms with Crippen molar-refractivity contribution < 1.29 is 14.6 Å². The zero-order valence-electron chi connectivity index (χ0n) is 13.0. The van der Waals surface area contributed by atoms with Gasteiger partial charge in [0.2, 0.25) is 0 Å². The lowest BCUT2D eigenvalue weighted by Gasteiger charge is -2.33. The standard InChI is InChI=1S/C17H26N2O3/c18-16(15-8-10-19(11-9-15)17(20)21)7-4-12-22-13-14-5-2-1-3-6-14/h1-3,5-6,15-16H,4,7-13,18H2,(H,20,21)/t16-/m1/s1. The minimum atomic E-state index is -0.818. The highest BCUT2D eigenvalue weighted by Gasteiger charge is 2.25. The molecule has 1 aromatic carbocycles. The first-order valence-electron chi connectivity index (χ1n) is 8.02. The number of carboxylic acid groups (broad SMARTS) is 1. The Morgan fingerprint density at radius 1 is 1.32 bits per heavy atom. The van der Waals surface area contributed by atoms with Crippen LogP contribution < -0.4 is 5.73 Å². The van der Waals surface area contributed by atoms with E-state index in [1.54, 1.807) is 0 Å². The summed E-state index contributed by atoms with van der Waals surface area (Å²) in [6.45, 7) is 2.58. The van der Waals surface area contributed by atoms with E-state index in [-0.39, 0.29) is 6.04 Å². The molecule has 0 aromatic heterocycles. The molecule has 1 aliphatic heterocycles. The molecule has 0 radical (unpaired) electrons. The van der Waals surface area contributed by atoms with Gasteiger partial charge in [-0.3, -0.25) is 0 Å². The first-order valence-corrected chi connectivity index (χ1v) is 8.02. The summed E-state index contributed by atoms with van der Waals surface area (Å²) in [6.07, 6.45) is 2.82.